The zero-order chi connectivity index (χ0) is 15.8. The topological polar surface area (TPSA) is 49.7 Å². The van der Waals surface area contributed by atoms with E-state index >= 15 is 0 Å². The van der Waals surface area contributed by atoms with Crippen LogP contribution in [0.1, 0.15) is 38.3 Å². The lowest BCUT2D eigenvalue weighted by Crippen LogP contribution is -2.32. The summed E-state index contributed by atoms with van der Waals surface area (Å²) in [5.41, 5.74) is 4.44. The van der Waals surface area contributed by atoms with E-state index in [2.05, 4.69) is 17.1 Å². The second-order valence-electron chi connectivity index (χ2n) is 5.79. The van der Waals surface area contributed by atoms with E-state index in [1.807, 2.05) is 12.1 Å². The number of aliphatic imine (C=N–C) groups is 1. The molecule has 2 aromatic rings. The molecule has 2 aliphatic heterocycles. The molecule has 4 rings (SSSR count). The van der Waals surface area contributed by atoms with Crippen molar-refractivity contribution in [1.82, 2.24) is 4.90 Å². The summed E-state index contributed by atoms with van der Waals surface area (Å²) in [4.78, 5) is 30.7. The number of carbonyl (C=O) groups excluding carboxylic acids is 2. The highest BCUT2D eigenvalue weighted by atomic mass is 16.2. The van der Waals surface area contributed by atoms with Crippen LogP contribution in [0, 0.1) is 0 Å². The number of rotatable bonds is 3. The molecule has 4 heteroatoms. The first kappa shape index (κ1) is 13.9. The second kappa shape index (κ2) is 5.47. The van der Waals surface area contributed by atoms with Crippen molar-refractivity contribution >= 4 is 17.5 Å². The third-order valence-corrected chi connectivity index (χ3v) is 4.46. The Morgan fingerprint density at radius 1 is 0.870 bits per heavy atom. The van der Waals surface area contributed by atoms with Gasteiger partial charge in [0.15, 0.2) is 0 Å². The van der Waals surface area contributed by atoms with Crippen LogP contribution in [0.3, 0.4) is 0 Å². The van der Waals surface area contributed by atoms with E-state index in [0.29, 0.717) is 24.1 Å². The van der Waals surface area contributed by atoms with Gasteiger partial charge < -0.3 is 0 Å². The third kappa shape index (κ3) is 2.27. The van der Waals surface area contributed by atoms with E-state index < -0.39 is 0 Å². The molecule has 0 atom stereocenters. The SMILES string of the molecule is O=C1c2ccccc2C(=O)N1CCC1=NCCc2ccccc21. The monoisotopic (exact) mass is 304 g/mol. The van der Waals surface area contributed by atoms with Crippen molar-refractivity contribution in [3.63, 3.8) is 0 Å². The third-order valence-electron chi connectivity index (χ3n) is 4.46. The molecule has 0 aromatic heterocycles. The van der Waals surface area contributed by atoms with Crippen LogP contribution in [0.4, 0.5) is 0 Å². The summed E-state index contributed by atoms with van der Waals surface area (Å²) in [5.74, 6) is -0.398. The molecule has 0 saturated carbocycles. The minimum Gasteiger partial charge on any atom is -0.289 e. The smallest absolute Gasteiger partial charge is 0.261 e. The Balaban J connectivity index is 1.54. The lowest BCUT2D eigenvalue weighted by Gasteiger charge is -2.19. The largest absolute Gasteiger partial charge is 0.289 e. The van der Waals surface area contributed by atoms with Gasteiger partial charge in [-0.3, -0.25) is 19.5 Å². The van der Waals surface area contributed by atoms with Gasteiger partial charge in [-0.1, -0.05) is 36.4 Å². The van der Waals surface area contributed by atoms with Crippen molar-refractivity contribution in [3.05, 3.63) is 70.8 Å². The van der Waals surface area contributed by atoms with Gasteiger partial charge in [0, 0.05) is 25.2 Å². The highest BCUT2D eigenvalue weighted by Gasteiger charge is 2.34. The molecule has 23 heavy (non-hydrogen) atoms. The molecule has 2 aromatic carbocycles. The maximum Gasteiger partial charge on any atom is 0.261 e. The maximum atomic E-state index is 12.4. The minimum atomic E-state index is -0.199. The van der Waals surface area contributed by atoms with Crippen molar-refractivity contribution < 1.29 is 9.59 Å². The molecule has 2 amide bonds. The quantitative estimate of drug-likeness (QED) is 0.819. The van der Waals surface area contributed by atoms with E-state index in [4.69, 9.17) is 0 Å². The van der Waals surface area contributed by atoms with Gasteiger partial charge in [0.2, 0.25) is 0 Å². The summed E-state index contributed by atoms with van der Waals surface area (Å²) in [7, 11) is 0. The number of carbonyl (C=O) groups is 2. The Bertz CT molecular complexity index is 804. The first-order chi connectivity index (χ1) is 11.3. The van der Waals surface area contributed by atoms with Crippen LogP contribution in [-0.4, -0.2) is 35.5 Å². The Kier molecular flexibility index (Phi) is 3.30. The van der Waals surface area contributed by atoms with Gasteiger partial charge >= 0.3 is 0 Å². The molecule has 2 aliphatic rings. The highest BCUT2D eigenvalue weighted by molar-refractivity contribution is 6.21. The Morgan fingerprint density at radius 2 is 1.48 bits per heavy atom. The summed E-state index contributed by atoms with van der Waals surface area (Å²) in [6, 6.07) is 15.2. The summed E-state index contributed by atoms with van der Waals surface area (Å²) >= 11 is 0. The number of hydrogen-bond donors (Lipinski definition) is 0. The molecule has 4 nitrogen and oxygen atoms in total. The average Bonchev–Trinajstić information content (AvgIpc) is 2.84. The predicted molar refractivity (Wildman–Crippen MR) is 88.0 cm³/mol. The number of imide groups is 1. The normalized spacial score (nSPS) is 16.2. The van der Waals surface area contributed by atoms with Crippen LogP contribution in [-0.2, 0) is 6.42 Å². The van der Waals surface area contributed by atoms with E-state index in [9.17, 15) is 9.59 Å². The number of fused-ring (bicyclic) bond motifs is 2. The first-order valence-electron chi connectivity index (χ1n) is 7.82. The molecule has 0 radical (unpaired) electrons. The van der Waals surface area contributed by atoms with Gasteiger partial charge in [-0.25, -0.2) is 0 Å². The minimum absolute atomic E-state index is 0.199. The van der Waals surface area contributed by atoms with Gasteiger partial charge in [-0.15, -0.1) is 0 Å². The molecule has 2 heterocycles. The molecule has 0 spiro atoms. The molecule has 0 fully saturated rings. The number of benzene rings is 2. The van der Waals surface area contributed by atoms with E-state index in [-0.39, 0.29) is 11.8 Å². The van der Waals surface area contributed by atoms with Gasteiger partial charge in [-0.05, 0) is 29.7 Å². The zero-order valence-corrected chi connectivity index (χ0v) is 12.7. The van der Waals surface area contributed by atoms with Crippen molar-refractivity contribution in [3.8, 4) is 0 Å². The molecular weight excluding hydrogens is 288 g/mol. The summed E-state index contributed by atoms with van der Waals surface area (Å²) in [6.45, 7) is 1.15. The standard InChI is InChI=1S/C19H16N2O2/c22-18-15-7-3-4-8-16(15)19(23)21(18)12-10-17-14-6-2-1-5-13(14)9-11-20-17/h1-8H,9-12H2. The van der Waals surface area contributed by atoms with Crippen LogP contribution in [0.15, 0.2) is 53.5 Å². The Morgan fingerprint density at radius 3 is 2.17 bits per heavy atom. The Hall–Kier alpha value is -2.75. The van der Waals surface area contributed by atoms with Crippen LogP contribution in [0.25, 0.3) is 0 Å². The van der Waals surface area contributed by atoms with Gasteiger partial charge in [0.05, 0.1) is 11.1 Å². The van der Waals surface area contributed by atoms with Crippen molar-refractivity contribution in [2.45, 2.75) is 12.8 Å². The van der Waals surface area contributed by atoms with Crippen LogP contribution >= 0.6 is 0 Å². The molecular formula is C19H16N2O2. The molecule has 0 unspecified atom stereocenters. The molecule has 0 saturated heterocycles. The molecule has 114 valence electrons. The van der Waals surface area contributed by atoms with Gasteiger partial charge in [0.1, 0.15) is 0 Å². The van der Waals surface area contributed by atoms with Crippen LogP contribution in [0.2, 0.25) is 0 Å². The number of nitrogens with zero attached hydrogens (tertiary/aromatic N) is 2. The van der Waals surface area contributed by atoms with Crippen molar-refractivity contribution in [2.24, 2.45) is 4.99 Å². The summed E-state index contributed by atoms with van der Waals surface area (Å²) < 4.78 is 0. The van der Waals surface area contributed by atoms with Gasteiger partial charge in [-0.2, -0.15) is 0 Å². The van der Waals surface area contributed by atoms with Crippen LogP contribution < -0.4 is 0 Å². The molecule has 0 aliphatic carbocycles. The predicted octanol–water partition coefficient (Wildman–Crippen LogP) is 2.72. The highest BCUT2D eigenvalue weighted by Crippen LogP contribution is 2.24. The van der Waals surface area contributed by atoms with Crippen molar-refractivity contribution in [1.29, 1.82) is 0 Å². The fourth-order valence-corrected chi connectivity index (χ4v) is 3.29. The van der Waals surface area contributed by atoms with Crippen molar-refractivity contribution in [2.75, 3.05) is 13.1 Å². The van der Waals surface area contributed by atoms with Crippen LogP contribution in [0.5, 0.6) is 0 Å². The lowest BCUT2D eigenvalue weighted by atomic mass is 9.96. The van der Waals surface area contributed by atoms with E-state index in [1.165, 1.54) is 10.5 Å². The van der Waals surface area contributed by atoms with E-state index in [1.54, 1.807) is 24.3 Å². The number of hydrogen-bond acceptors (Lipinski definition) is 3. The summed E-state index contributed by atoms with van der Waals surface area (Å²) in [6.07, 6.45) is 1.55. The van der Waals surface area contributed by atoms with Gasteiger partial charge in [0.25, 0.3) is 11.8 Å². The molecule has 0 bridgehead atoms. The second-order valence-corrected chi connectivity index (χ2v) is 5.79. The Labute approximate surface area is 134 Å². The fourth-order valence-electron chi connectivity index (χ4n) is 3.29. The maximum absolute atomic E-state index is 12.4. The fraction of sp³-hybridized carbons (Fsp3) is 0.211. The zero-order valence-electron chi connectivity index (χ0n) is 12.7. The van der Waals surface area contributed by atoms with E-state index in [0.717, 1.165) is 24.2 Å². The lowest BCUT2D eigenvalue weighted by molar-refractivity contribution is 0.0658. The average molecular weight is 304 g/mol. The molecule has 0 N–H and O–H groups in total. The first-order valence-corrected chi connectivity index (χ1v) is 7.82. The number of amides is 2. The summed E-state index contributed by atoms with van der Waals surface area (Å²) in [5, 5.41) is 0.